The van der Waals surface area contributed by atoms with E-state index in [2.05, 4.69) is 24.4 Å². The zero-order valence-corrected chi connectivity index (χ0v) is 14.8. The molecular weight excluding hydrogens is 300 g/mol. The number of ether oxygens (including phenoxy) is 1. The zero-order chi connectivity index (χ0) is 15.4. The minimum atomic E-state index is 0. The topological polar surface area (TPSA) is 41.6 Å². The standard InChI is InChI=1S/C17H26N2O2.ClH/c1-12-8-13(2)17(14(3)9-12)21-11-16(20)19-7-5-6-15(19)10-18-4;/h8-9,15,18H,5-7,10-11H2,1-4H3;1H. The summed E-state index contributed by atoms with van der Waals surface area (Å²) in [6.07, 6.45) is 2.16. The predicted molar refractivity (Wildman–Crippen MR) is 92.1 cm³/mol. The fourth-order valence-corrected chi connectivity index (χ4v) is 3.22. The van der Waals surface area contributed by atoms with Crippen LogP contribution in [0.1, 0.15) is 29.5 Å². The van der Waals surface area contributed by atoms with Gasteiger partial charge in [-0.3, -0.25) is 4.79 Å². The average molecular weight is 327 g/mol. The molecule has 0 aromatic heterocycles. The number of likely N-dealkylation sites (N-methyl/N-ethyl adjacent to an activating group) is 1. The van der Waals surface area contributed by atoms with Crippen LogP contribution in [0.15, 0.2) is 12.1 Å². The Kier molecular flexibility index (Phi) is 7.17. The van der Waals surface area contributed by atoms with E-state index >= 15 is 0 Å². The lowest BCUT2D eigenvalue weighted by Gasteiger charge is -2.25. The van der Waals surface area contributed by atoms with Crippen molar-refractivity contribution < 1.29 is 9.53 Å². The van der Waals surface area contributed by atoms with Crippen LogP contribution >= 0.6 is 12.4 Å². The van der Waals surface area contributed by atoms with Crippen molar-refractivity contribution in [3.63, 3.8) is 0 Å². The first-order valence-electron chi connectivity index (χ1n) is 7.67. The van der Waals surface area contributed by atoms with E-state index in [9.17, 15) is 4.79 Å². The molecule has 1 unspecified atom stereocenters. The minimum Gasteiger partial charge on any atom is -0.483 e. The molecule has 2 rings (SSSR count). The molecule has 0 spiro atoms. The van der Waals surface area contributed by atoms with Crippen LogP contribution in [0.4, 0.5) is 0 Å². The van der Waals surface area contributed by atoms with Gasteiger partial charge in [0.2, 0.25) is 0 Å². The van der Waals surface area contributed by atoms with Crippen LogP contribution in [-0.4, -0.2) is 43.6 Å². The summed E-state index contributed by atoms with van der Waals surface area (Å²) in [7, 11) is 1.93. The Labute approximate surface area is 139 Å². The van der Waals surface area contributed by atoms with E-state index in [1.54, 1.807) is 0 Å². The second-order valence-electron chi connectivity index (χ2n) is 5.96. The van der Waals surface area contributed by atoms with Crippen molar-refractivity contribution in [1.82, 2.24) is 10.2 Å². The summed E-state index contributed by atoms with van der Waals surface area (Å²) in [6.45, 7) is 7.96. The number of carbonyl (C=O) groups excluding carboxylic acids is 1. The molecule has 1 aliphatic rings. The Bertz CT molecular complexity index is 496. The van der Waals surface area contributed by atoms with Gasteiger partial charge in [-0.2, -0.15) is 0 Å². The number of hydrogen-bond acceptors (Lipinski definition) is 3. The summed E-state index contributed by atoms with van der Waals surface area (Å²) >= 11 is 0. The Morgan fingerprint density at radius 1 is 1.32 bits per heavy atom. The molecule has 22 heavy (non-hydrogen) atoms. The number of nitrogens with one attached hydrogen (secondary N) is 1. The van der Waals surface area contributed by atoms with Crippen molar-refractivity contribution in [3.8, 4) is 5.75 Å². The molecule has 1 N–H and O–H groups in total. The van der Waals surface area contributed by atoms with Crippen LogP contribution in [0.5, 0.6) is 5.75 Å². The number of nitrogens with zero attached hydrogens (tertiary/aromatic N) is 1. The van der Waals surface area contributed by atoms with Crippen LogP contribution in [0.25, 0.3) is 0 Å². The second-order valence-corrected chi connectivity index (χ2v) is 5.96. The highest BCUT2D eigenvalue weighted by atomic mass is 35.5. The molecule has 1 heterocycles. The van der Waals surface area contributed by atoms with E-state index in [-0.39, 0.29) is 24.9 Å². The number of rotatable bonds is 5. The largest absolute Gasteiger partial charge is 0.483 e. The van der Waals surface area contributed by atoms with Gasteiger partial charge in [-0.1, -0.05) is 17.7 Å². The van der Waals surface area contributed by atoms with E-state index < -0.39 is 0 Å². The molecule has 1 atom stereocenters. The summed E-state index contributed by atoms with van der Waals surface area (Å²) in [6, 6.07) is 4.49. The number of aryl methyl sites for hydroxylation is 3. The highest BCUT2D eigenvalue weighted by Gasteiger charge is 2.28. The van der Waals surface area contributed by atoms with E-state index in [0.717, 1.165) is 42.8 Å². The van der Waals surface area contributed by atoms with Crippen molar-refractivity contribution in [2.75, 3.05) is 26.7 Å². The van der Waals surface area contributed by atoms with Gasteiger partial charge in [-0.25, -0.2) is 0 Å². The first kappa shape index (κ1) is 18.8. The number of likely N-dealkylation sites (tertiary alicyclic amines) is 1. The lowest BCUT2D eigenvalue weighted by molar-refractivity contribution is -0.134. The van der Waals surface area contributed by atoms with Gasteiger partial charge in [0, 0.05) is 19.1 Å². The van der Waals surface area contributed by atoms with Gasteiger partial charge in [-0.05, 0) is 51.8 Å². The van der Waals surface area contributed by atoms with Crippen LogP contribution in [-0.2, 0) is 4.79 Å². The summed E-state index contributed by atoms with van der Waals surface area (Å²) in [5.74, 6) is 0.936. The zero-order valence-electron chi connectivity index (χ0n) is 13.9. The molecule has 0 radical (unpaired) electrons. The van der Waals surface area contributed by atoms with Crippen LogP contribution in [0.3, 0.4) is 0 Å². The normalized spacial score (nSPS) is 17.3. The van der Waals surface area contributed by atoms with Crippen LogP contribution in [0.2, 0.25) is 0 Å². The summed E-state index contributed by atoms with van der Waals surface area (Å²) < 4.78 is 5.81. The molecule has 124 valence electrons. The molecule has 1 amide bonds. The van der Waals surface area contributed by atoms with E-state index in [0.29, 0.717) is 6.04 Å². The SMILES string of the molecule is CNCC1CCCN1C(=O)COc1c(C)cc(C)cc1C.Cl. The summed E-state index contributed by atoms with van der Waals surface area (Å²) in [5, 5.41) is 3.16. The van der Waals surface area contributed by atoms with E-state index in [1.165, 1.54) is 5.56 Å². The lowest BCUT2D eigenvalue weighted by atomic mass is 10.1. The Balaban J connectivity index is 0.00000242. The average Bonchev–Trinajstić information content (AvgIpc) is 2.86. The highest BCUT2D eigenvalue weighted by molar-refractivity contribution is 5.85. The fourth-order valence-electron chi connectivity index (χ4n) is 3.22. The Morgan fingerprint density at radius 2 is 1.95 bits per heavy atom. The molecule has 0 saturated carbocycles. The molecule has 4 nitrogen and oxygen atoms in total. The van der Waals surface area contributed by atoms with Crippen molar-refractivity contribution in [2.45, 2.75) is 39.7 Å². The first-order valence-corrected chi connectivity index (χ1v) is 7.67. The molecule has 5 heteroatoms. The number of amides is 1. The monoisotopic (exact) mass is 326 g/mol. The molecule has 1 saturated heterocycles. The van der Waals surface area contributed by atoms with Crippen LogP contribution in [0, 0.1) is 20.8 Å². The van der Waals surface area contributed by atoms with E-state index in [1.807, 2.05) is 25.8 Å². The van der Waals surface area contributed by atoms with Crippen LogP contribution < -0.4 is 10.1 Å². The summed E-state index contributed by atoms with van der Waals surface area (Å²) in [4.78, 5) is 14.3. The molecule has 1 aromatic carbocycles. The molecule has 1 aliphatic heterocycles. The quantitative estimate of drug-likeness (QED) is 0.904. The third-order valence-electron chi connectivity index (χ3n) is 4.08. The van der Waals surface area contributed by atoms with Gasteiger partial charge in [-0.15, -0.1) is 12.4 Å². The summed E-state index contributed by atoms with van der Waals surface area (Å²) in [5.41, 5.74) is 3.40. The molecule has 1 aromatic rings. The van der Waals surface area contributed by atoms with Gasteiger partial charge < -0.3 is 15.0 Å². The predicted octanol–water partition coefficient (Wildman–Crippen LogP) is 2.62. The van der Waals surface area contributed by atoms with Gasteiger partial charge in [0.1, 0.15) is 5.75 Å². The fraction of sp³-hybridized carbons (Fsp3) is 0.588. The maximum absolute atomic E-state index is 12.4. The van der Waals surface area contributed by atoms with Gasteiger partial charge in [0.05, 0.1) is 0 Å². The van der Waals surface area contributed by atoms with Crippen molar-refractivity contribution in [2.24, 2.45) is 0 Å². The van der Waals surface area contributed by atoms with Crippen molar-refractivity contribution in [3.05, 3.63) is 28.8 Å². The first-order chi connectivity index (χ1) is 10.0. The van der Waals surface area contributed by atoms with Crippen molar-refractivity contribution in [1.29, 1.82) is 0 Å². The van der Waals surface area contributed by atoms with Crippen molar-refractivity contribution >= 4 is 18.3 Å². The third kappa shape index (κ3) is 4.37. The maximum atomic E-state index is 12.4. The third-order valence-corrected chi connectivity index (χ3v) is 4.08. The van der Waals surface area contributed by atoms with Gasteiger partial charge >= 0.3 is 0 Å². The van der Waals surface area contributed by atoms with Gasteiger partial charge in [0.15, 0.2) is 6.61 Å². The Morgan fingerprint density at radius 3 is 2.55 bits per heavy atom. The lowest BCUT2D eigenvalue weighted by Crippen LogP contribution is -2.43. The maximum Gasteiger partial charge on any atom is 0.260 e. The Hall–Kier alpha value is -1.26. The smallest absolute Gasteiger partial charge is 0.260 e. The molecule has 0 bridgehead atoms. The van der Waals surface area contributed by atoms with Gasteiger partial charge in [0.25, 0.3) is 5.91 Å². The number of benzene rings is 1. The molecule has 1 fully saturated rings. The second kappa shape index (κ2) is 8.39. The molecular formula is C17H27ClN2O2. The molecule has 0 aliphatic carbocycles. The highest BCUT2D eigenvalue weighted by Crippen LogP contribution is 2.25. The number of hydrogen-bond donors (Lipinski definition) is 1. The number of halogens is 1. The van der Waals surface area contributed by atoms with E-state index in [4.69, 9.17) is 4.74 Å². The minimum absolute atomic E-state index is 0. The number of carbonyl (C=O) groups is 1.